The first kappa shape index (κ1) is 9.01. The maximum absolute atomic E-state index is 3.43. The van der Waals surface area contributed by atoms with Crippen LogP contribution in [0.4, 0.5) is 0 Å². The molecule has 2 nitrogen and oxygen atoms in total. The Labute approximate surface area is 70.0 Å². The number of hydrogen-bond acceptors (Lipinski definition) is 2. The maximum Gasteiger partial charge on any atom is 0.0480 e. The van der Waals surface area contributed by atoms with Crippen LogP contribution >= 0.6 is 0 Å². The van der Waals surface area contributed by atoms with Gasteiger partial charge in [0.15, 0.2) is 0 Å². The summed E-state index contributed by atoms with van der Waals surface area (Å²) in [5.41, 5.74) is 0. The lowest BCUT2D eigenvalue weighted by Crippen LogP contribution is -2.34. The molecule has 1 N–H and O–H groups in total. The van der Waals surface area contributed by atoms with Gasteiger partial charge in [-0.3, -0.25) is 4.90 Å². The van der Waals surface area contributed by atoms with Gasteiger partial charge in [0.2, 0.25) is 0 Å². The third-order valence-corrected chi connectivity index (χ3v) is 2.04. The number of nitrogens with zero attached hydrogens (tertiary/aromatic N) is 1. The average Bonchev–Trinajstić information content (AvgIpc) is 2.14. The molecule has 0 aromatic heterocycles. The van der Waals surface area contributed by atoms with Crippen LogP contribution in [-0.2, 0) is 0 Å². The fourth-order valence-corrected chi connectivity index (χ4v) is 1.57. The highest BCUT2D eigenvalue weighted by Gasteiger charge is 2.08. The van der Waals surface area contributed by atoms with Gasteiger partial charge in [0.25, 0.3) is 0 Å². The SMILES string of the molecule is CC(C)CN1CCCCNC1. The smallest absolute Gasteiger partial charge is 0.0480 e. The van der Waals surface area contributed by atoms with Crippen molar-refractivity contribution in [2.45, 2.75) is 26.7 Å². The molecular weight excluding hydrogens is 136 g/mol. The monoisotopic (exact) mass is 156 g/mol. The normalized spacial score (nSPS) is 22.1. The standard InChI is InChI=1S/C9H20N2/c1-9(2)7-11-6-4-3-5-10-8-11/h9-10H,3-8H2,1-2H3. The summed E-state index contributed by atoms with van der Waals surface area (Å²) in [6, 6.07) is 0. The zero-order chi connectivity index (χ0) is 8.10. The van der Waals surface area contributed by atoms with E-state index in [2.05, 4.69) is 24.1 Å². The molecule has 0 unspecified atom stereocenters. The highest BCUT2D eigenvalue weighted by Crippen LogP contribution is 2.02. The summed E-state index contributed by atoms with van der Waals surface area (Å²) in [4.78, 5) is 2.51. The second kappa shape index (κ2) is 4.73. The molecule has 0 aromatic rings. The summed E-state index contributed by atoms with van der Waals surface area (Å²) in [7, 11) is 0. The number of hydrogen-bond donors (Lipinski definition) is 1. The van der Waals surface area contributed by atoms with Crippen molar-refractivity contribution in [3.05, 3.63) is 0 Å². The molecular formula is C9H20N2. The second-order valence-electron chi connectivity index (χ2n) is 3.84. The van der Waals surface area contributed by atoms with Gasteiger partial charge >= 0.3 is 0 Å². The predicted octanol–water partition coefficient (Wildman–Crippen LogP) is 1.29. The molecule has 0 aromatic carbocycles. The maximum atomic E-state index is 3.43. The van der Waals surface area contributed by atoms with Crippen LogP contribution in [0, 0.1) is 5.92 Å². The topological polar surface area (TPSA) is 15.3 Å². The Morgan fingerprint density at radius 1 is 1.36 bits per heavy atom. The van der Waals surface area contributed by atoms with Crippen molar-refractivity contribution >= 4 is 0 Å². The van der Waals surface area contributed by atoms with E-state index in [9.17, 15) is 0 Å². The van der Waals surface area contributed by atoms with Gasteiger partial charge in [-0.05, 0) is 31.8 Å². The van der Waals surface area contributed by atoms with Gasteiger partial charge in [-0.25, -0.2) is 0 Å². The summed E-state index contributed by atoms with van der Waals surface area (Å²) in [6.07, 6.45) is 2.70. The van der Waals surface area contributed by atoms with Crippen LogP contribution in [0.5, 0.6) is 0 Å². The number of rotatable bonds is 2. The molecule has 1 rings (SSSR count). The quantitative estimate of drug-likeness (QED) is 0.648. The lowest BCUT2D eigenvalue weighted by Gasteiger charge is -2.21. The minimum atomic E-state index is 0.801. The van der Waals surface area contributed by atoms with E-state index in [0.29, 0.717) is 0 Å². The molecule has 1 aliphatic rings. The Morgan fingerprint density at radius 3 is 2.91 bits per heavy atom. The van der Waals surface area contributed by atoms with Crippen molar-refractivity contribution in [3.8, 4) is 0 Å². The van der Waals surface area contributed by atoms with E-state index in [-0.39, 0.29) is 0 Å². The summed E-state index contributed by atoms with van der Waals surface area (Å²) >= 11 is 0. The van der Waals surface area contributed by atoms with Gasteiger partial charge in [0.05, 0.1) is 0 Å². The molecule has 1 saturated heterocycles. The van der Waals surface area contributed by atoms with Gasteiger partial charge < -0.3 is 5.32 Å². The fraction of sp³-hybridized carbons (Fsp3) is 1.00. The van der Waals surface area contributed by atoms with Crippen LogP contribution in [0.15, 0.2) is 0 Å². The summed E-state index contributed by atoms with van der Waals surface area (Å²) in [5.74, 6) is 0.801. The lowest BCUT2D eigenvalue weighted by molar-refractivity contribution is 0.242. The van der Waals surface area contributed by atoms with Crippen LogP contribution in [-0.4, -0.2) is 31.2 Å². The van der Waals surface area contributed by atoms with Crippen molar-refractivity contribution in [2.24, 2.45) is 5.92 Å². The first-order valence-electron chi connectivity index (χ1n) is 4.72. The zero-order valence-corrected chi connectivity index (χ0v) is 7.77. The Morgan fingerprint density at radius 2 is 2.18 bits per heavy atom. The highest BCUT2D eigenvalue weighted by atomic mass is 15.2. The van der Waals surface area contributed by atoms with E-state index >= 15 is 0 Å². The molecule has 2 heteroatoms. The van der Waals surface area contributed by atoms with E-state index in [1.165, 1.54) is 32.5 Å². The molecule has 1 fully saturated rings. The van der Waals surface area contributed by atoms with Crippen LogP contribution in [0.25, 0.3) is 0 Å². The summed E-state index contributed by atoms with van der Waals surface area (Å²) < 4.78 is 0. The minimum absolute atomic E-state index is 0.801. The molecule has 11 heavy (non-hydrogen) atoms. The van der Waals surface area contributed by atoms with E-state index in [4.69, 9.17) is 0 Å². The van der Waals surface area contributed by atoms with Crippen molar-refractivity contribution in [1.29, 1.82) is 0 Å². The van der Waals surface area contributed by atoms with Crippen molar-refractivity contribution in [3.63, 3.8) is 0 Å². The highest BCUT2D eigenvalue weighted by molar-refractivity contribution is 4.63. The molecule has 0 aliphatic carbocycles. The van der Waals surface area contributed by atoms with Crippen LogP contribution in [0.2, 0.25) is 0 Å². The molecule has 1 aliphatic heterocycles. The Balaban J connectivity index is 2.20. The van der Waals surface area contributed by atoms with Crippen LogP contribution < -0.4 is 5.32 Å². The molecule has 1 heterocycles. The fourth-order valence-electron chi connectivity index (χ4n) is 1.57. The van der Waals surface area contributed by atoms with Crippen molar-refractivity contribution < 1.29 is 0 Å². The summed E-state index contributed by atoms with van der Waals surface area (Å²) in [6.45, 7) is 9.39. The Hall–Kier alpha value is -0.0800. The summed E-state index contributed by atoms with van der Waals surface area (Å²) in [5, 5.41) is 3.43. The third-order valence-electron chi connectivity index (χ3n) is 2.04. The zero-order valence-electron chi connectivity index (χ0n) is 7.77. The Bertz CT molecular complexity index is 93.7. The third kappa shape index (κ3) is 3.73. The molecule has 0 bridgehead atoms. The molecule has 0 saturated carbocycles. The molecule has 66 valence electrons. The van der Waals surface area contributed by atoms with E-state index < -0.39 is 0 Å². The largest absolute Gasteiger partial charge is 0.304 e. The first-order valence-corrected chi connectivity index (χ1v) is 4.72. The number of nitrogens with one attached hydrogen (secondary N) is 1. The second-order valence-corrected chi connectivity index (χ2v) is 3.84. The van der Waals surface area contributed by atoms with E-state index in [1.54, 1.807) is 0 Å². The Kier molecular flexibility index (Phi) is 3.87. The van der Waals surface area contributed by atoms with E-state index in [1.807, 2.05) is 0 Å². The molecule has 0 radical (unpaired) electrons. The average molecular weight is 156 g/mol. The molecule has 0 atom stereocenters. The van der Waals surface area contributed by atoms with Gasteiger partial charge in [0.1, 0.15) is 0 Å². The van der Waals surface area contributed by atoms with Crippen LogP contribution in [0.3, 0.4) is 0 Å². The van der Waals surface area contributed by atoms with Gasteiger partial charge in [-0.1, -0.05) is 13.8 Å². The minimum Gasteiger partial charge on any atom is -0.304 e. The van der Waals surface area contributed by atoms with Crippen molar-refractivity contribution in [1.82, 2.24) is 10.2 Å². The van der Waals surface area contributed by atoms with Gasteiger partial charge in [0, 0.05) is 13.2 Å². The van der Waals surface area contributed by atoms with Crippen LogP contribution in [0.1, 0.15) is 26.7 Å². The van der Waals surface area contributed by atoms with Gasteiger partial charge in [-0.15, -0.1) is 0 Å². The molecule has 0 amide bonds. The van der Waals surface area contributed by atoms with Gasteiger partial charge in [-0.2, -0.15) is 0 Å². The lowest BCUT2D eigenvalue weighted by atomic mass is 10.2. The predicted molar refractivity (Wildman–Crippen MR) is 48.5 cm³/mol. The van der Waals surface area contributed by atoms with Crippen molar-refractivity contribution in [2.75, 3.05) is 26.3 Å². The van der Waals surface area contributed by atoms with E-state index in [0.717, 1.165) is 12.6 Å². The first-order chi connectivity index (χ1) is 5.29. The molecule has 0 spiro atoms.